The number of aliphatic hydroxyl groups excluding tert-OH is 2. The van der Waals surface area contributed by atoms with Crippen molar-refractivity contribution in [3.05, 3.63) is 58.5 Å². The van der Waals surface area contributed by atoms with Gasteiger partial charge in [0, 0.05) is 23.8 Å². The van der Waals surface area contributed by atoms with Crippen LogP contribution in [-0.2, 0) is 9.47 Å². The zero-order valence-electron chi connectivity index (χ0n) is 18.5. The molecule has 1 aliphatic heterocycles. The number of nitrogens with zero attached hydrogens (tertiary/aromatic N) is 5. The molecular weight excluding hydrogens is 504 g/mol. The minimum absolute atomic E-state index is 0.0975. The standard InChI is InChI=1S/C22H20ClF2N5O4S/c1-10-3-17(14(6-26)27-7-10)35-22-21(33-2)19(20(32)16(9-31)34-22)30-8-15(28-29-30)11-4-12(24)18(23)13(25)5-11/h3-5,7-8,16,19-22,31-32H,9H2,1-2H3/t16?,19?,20-,21?,22+/m0/s1. The molecule has 184 valence electrons. The summed E-state index contributed by atoms with van der Waals surface area (Å²) in [6, 6.07) is 4.96. The molecule has 0 bridgehead atoms. The summed E-state index contributed by atoms with van der Waals surface area (Å²) in [5, 5.41) is 37.6. The van der Waals surface area contributed by atoms with Crippen LogP contribution in [0, 0.1) is 29.9 Å². The quantitative estimate of drug-likeness (QED) is 0.469. The molecular formula is C22H20ClF2N5O4S. The molecule has 13 heteroatoms. The Morgan fingerprint density at radius 1 is 1.31 bits per heavy atom. The highest BCUT2D eigenvalue weighted by Gasteiger charge is 2.47. The average molecular weight is 524 g/mol. The Hall–Kier alpha value is -2.66. The third-order valence-electron chi connectivity index (χ3n) is 5.53. The number of pyridine rings is 1. The van der Waals surface area contributed by atoms with Crippen molar-refractivity contribution in [3.8, 4) is 17.3 Å². The molecule has 3 unspecified atom stereocenters. The van der Waals surface area contributed by atoms with Crippen LogP contribution in [-0.4, -0.2) is 67.7 Å². The molecule has 1 fully saturated rings. The van der Waals surface area contributed by atoms with Crippen LogP contribution in [0.2, 0.25) is 5.02 Å². The molecule has 2 N–H and O–H groups in total. The summed E-state index contributed by atoms with van der Waals surface area (Å²) in [4.78, 5) is 4.67. The first-order valence-electron chi connectivity index (χ1n) is 10.3. The second kappa shape index (κ2) is 10.5. The molecule has 0 aliphatic carbocycles. The minimum atomic E-state index is -1.26. The number of hydrogen-bond donors (Lipinski definition) is 2. The molecule has 3 aromatic rings. The van der Waals surface area contributed by atoms with Crippen LogP contribution in [0.15, 0.2) is 35.5 Å². The van der Waals surface area contributed by atoms with Gasteiger partial charge in [0.15, 0.2) is 5.69 Å². The Morgan fingerprint density at radius 3 is 2.66 bits per heavy atom. The molecule has 0 spiro atoms. The van der Waals surface area contributed by atoms with E-state index in [1.54, 1.807) is 12.3 Å². The van der Waals surface area contributed by atoms with Crippen LogP contribution in [0.4, 0.5) is 8.78 Å². The van der Waals surface area contributed by atoms with Gasteiger partial charge in [-0.15, -0.1) is 5.10 Å². The van der Waals surface area contributed by atoms with Crippen LogP contribution in [0.3, 0.4) is 0 Å². The molecule has 1 aliphatic rings. The molecule has 3 heterocycles. The lowest BCUT2D eigenvalue weighted by Gasteiger charge is -2.43. The van der Waals surface area contributed by atoms with Crippen LogP contribution in [0.5, 0.6) is 0 Å². The number of benzene rings is 1. The zero-order valence-corrected chi connectivity index (χ0v) is 20.0. The van der Waals surface area contributed by atoms with Crippen LogP contribution in [0.25, 0.3) is 11.3 Å². The van der Waals surface area contributed by atoms with Gasteiger partial charge in [-0.25, -0.2) is 18.4 Å². The molecule has 5 atom stereocenters. The maximum Gasteiger partial charge on any atom is 0.154 e. The lowest BCUT2D eigenvalue weighted by Crippen LogP contribution is -2.55. The number of rotatable bonds is 6. The molecule has 9 nitrogen and oxygen atoms in total. The number of aliphatic hydroxyl groups is 2. The van der Waals surface area contributed by atoms with Gasteiger partial charge >= 0.3 is 0 Å². The SMILES string of the molecule is COC1C(n2cc(-c3cc(F)c(Cl)c(F)c3)nn2)[C@@H](O)C(CO)O[C@@H]1Sc1cc(C)cnc1C#N. The highest BCUT2D eigenvalue weighted by atomic mass is 35.5. The van der Waals surface area contributed by atoms with E-state index >= 15 is 0 Å². The van der Waals surface area contributed by atoms with E-state index in [1.165, 1.54) is 18.0 Å². The van der Waals surface area contributed by atoms with E-state index < -0.39 is 53.1 Å². The van der Waals surface area contributed by atoms with E-state index in [-0.39, 0.29) is 17.0 Å². The summed E-state index contributed by atoms with van der Waals surface area (Å²) in [5.41, 5.74) is 0.471. The largest absolute Gasteiger partial charge is 0.394 e. The van der Waals surface area contributed by atoms with Crippen molar-refractivity contribution in [1.82, 2.24) is 20.0 Å². The third kappa shape index (κ3) is 5.02. The molecule has 0 radical (unpaired) electrons. The smallest absolute Gasteiger partial charge is 0.154 e. The van der Waals surface area contributed by atoms with E-state index in [9.17, 15) is 24.3 Å². The van der Waals surface area contributed by atoms with E-state index in [1.807, 2.05) is 13.0 Å². The molecule has 0 amide bonds. The Kier molecular flexibility index (Phi) is 7.65. The fourth-order valence-electron chi connectivity index (χ4n) is 3.81. The van der Waals surface area contributed by atoms with E-state index in [0.717, 1.165) is 29.5 Å². The lowest BCUT2D eigenvalue weighted by molar-refractivity contribution is -0.186. The summed E-state index contributed by atoms with van der Waals surface area (Å²) in [7, 11) is 1.42. The summed E-state index contributed by atoms with van der Waals surface area (Å²) in [6.07, 6.45) is -0.122. The second-order valence-corrected chi connectivity index (χ2v) is 9.35. The van der Waals surface area contributed by atoms with Gasteiger partial charge in [0.2, 0.25) is 0 Å². The normalized spacial score (nSPS) is 24.3. The Morgan fingerprint density at radius 2 is 2.03 bits per heavy atom. The number of ether oxygens (including phenoxy) is 2. The summed E-state index contributed by atoms with van der Waals surface area (Å²) < 4.78 is 40.8. The lowest BCUT2D eigenvalue weighted by atomic mass is 9.97. The van der Waals surface area contributed by atoms with Crippen molar-refractivity contribution in [2.24, 2.45) is 0 Å². The molecule has 4 rings (SSSR count). The number of halogens is 3. The zero-order chi connectivity index (χ0) is 25.3. The highest BCUT2D eigenvalue weighted by Crippen LogP contribution is 2.40. The first kappa shape index (κ1) is 25.4. The predicted octanol–water partition coefficient (Wildman–Crippen LogP) is 2.88. The molecule has 2 aromatic heterocycles. The van der Waals surface area contributed by atoms with E-state index in [4.69, 9.17) is 21.1 Å². The first-order valence-corrected chi connectivity index (χ1v) is 11.6. The molecule has 1 aromatic carbocycles. The first-order chi connectivity index (χ1) is 16.8. The summed E-state index contributed by atoms with van der Waals surface area (Å²) in [5.74, 6) is -1.90. The van der Waals surface area contributed by atoms with Gasteiger partial charge in [0.25, 0.3) is 0 Å². The average Bonchev–Trinajstić information content (AvgIpc) is 3.32. The summed E-state index contributed by atoms with van der Waals surface area (Å²) >= 11 is 6.72. The topological polar surface area (TPSA) is 126 Å². The van der Waals surface area contributed by atoms with Crippen LogP contribution in [0.1, 0.15) is 17.3 Å². The van der Waals surface area contributed by atoms with E-state index in [0.29, 0.717) is 4.90 Å². The highest BCUT2D eigenvalue weighted by molar-refractivity contribution is 7.99. The number of hydrogen-bond acceptors (Lipinski definition) is 9. The van der Waals surface area contributed by atoms with Crippen LogP contribution >= 0.6 is 23.4 Å². The number of methoxy groups -OCH3 is 1. The Balaban J connectivity index is 1.70. The third-order valence-corrected chi connectivity index (χ3v) is 7.07. The van der Waals surface area contributed by atoms with Crippen molar-refractivity contribution >= 4 is 23.4 Å². The van der Waals surface area contributed by atoms with Gasteiger partial charge in [-0.1, -0.05) is 28.6 Å². The van der Waals surface area contributed by atoms with Crippen molar-refractivity contribution in [1.29, 1.82) is 5.26 Å². The fourth-order valence-corrected chi connectivity index (χ4v) is 5.24. The van der Waals surface area contributed by atoms with Gasteiger partial charge < -0.3 is 19.7 Å². The van der Waals surface area contributed by atoms with Gasteiger partial charge in [0.05, 0.1) is 12.8 Å². The predicted molar refractivity (Wildman–Crippen MR) is 122 cm³/mol. The number of thioether (sulfide) groups is 1. The van der Waals surface area contributed by atoms with Gasteiger partial charge in [0.1, 0.15) is 58.2 Å². The minimum Gasteiger partial charge on any atom is -0.394 e. The van der Waals surface area contributed by atoms with Crippen molar-refractivity contribution in [2.75, 3.05) is 13.7 Å². The van der Waals surface area contributed by atoms with Gasteiger partial charge in [-0.2, -0.15) is 5.26 Å². The maximum atomic E-state index is 13.9. The molecule has 0 saturated carbocycles. The second-order valence-electron chi connectivity index (χ2n) is 7.83. The van der Waals surface area contributed by atoms with Crippen molar-refractivity contribution in [2.45, 2.75) is 41.6 Å². The van der Waals surface area contributed by atoms with E-state index in [2.05, 4.69) is 15.3 Å². The number of aromatic nitrogens is 4. The van der Waals surface area contributed by atoms with Crippen LogP contribution < -0.4 is 0 Å². The van der Waals surface area contributed by atoms with Gasteiger partial charge in [-0.3, -0.25) is 0 Å². The Labute approximate surface area is 208 Å². The molecule has 1 saturated heterocycles. The van der Waals surface area contributed by atoms with Crippen molar-refractivity contribution < 1.29 is 28.5 Å². The number of aryl methyl sites for hydroxylation is 1. The Bertz CT molecular complexity index is 1250. The maximum absolute atomic E-state index is 13.9. The monoisotopic (exact) mass is 523 g/mol. The fraction of sp³-hybridized carbons (Fsp3) is 0.364. The van der Waals surface area contributed by atoms with Gasteiger partial charge in [-0.05, 0) is 30.7 Å². The molecule has 35 heavy (non-hydrogen) atoms. The number of nitriles is 1. The van der Waals surface area contributed by atoms with Crippen molar-refractivity contribution in [3.63, 3.8) is 0 Å². The summed E-state index contributed by atoms with van der Waals surface area (Å²) in [6.45, 7) is 1.33.